The zero-order valence-corrected chi connectivity index (χ0v) is 9.43. The summed E-state index contributed by atoms with van der Waals surface area (Å²) < 4.78 is 38.1. The molecule has 0 saturated heterocycles. The van der Waals surface area contributed by atoms with Gasteiger partial charge in [-0.3, -0.25) is 0 Å². The van der Waals surface area contributed by atoms with Gasteiger partial charge >= 0.3 is 6.18 Å². The fourth-order valence-corrected chi connectivity index (χ4v) is 1.49. The van der Waals surface area contributed by atoms with Crippen LogP contribution in [0, 0.1) is 0 Å². The maximum atomic E-state index is 12.7. The molecule has 0 aliphatic rings. The Balaban J connectivity index is 3.11. The molecule has 0 radical (unpaired) electrons. The fourth-order valence-electron chi connectivity index (χ4n) is 1.49. The molecule has 1 aromatic heterocycles. The lowest BCUT2D eigenvalue weighted by Crippen LogP contribution is -2.14. The van der Waals surface area contributed by atoms with E-state index in [0.717, 1.165) is 6.42 Å². The third-order valence-corrected chi connectivity index (χ3v) is 2.18. The summed E-state index contributed by atoms with van der Waals surface area (Å²) in [5.41, 5.74) is -0.581. The number of nitrogens with zero attached hydrogens (tertiary/aromatic N) is 2. The van der Waals surface area contributed by atoms with Gasteiger partial charge in [-0.25, -0.2) is 9.97 Å². The summed E-state index contributed by atoms with van der Waals surface area (Å²) >= 11 is 0. The standard InChI is InChI=1S/C11H15F3N2/c1-3-5-8-7-15-9(6-4-2)16-10(8)11(12,13)14/h7H,3-6H2,1-2H3. The SMILES string of the molecule is CCCc1ncc(CCC)c(C(F)(F)F)n1. The summed E-state index contributed by atoms with van der Waals surface area (Å²) in [6.07, 6.45) is -0.832. The Morgan fingerprint density at radius 1 is 1.12 bits per heavy atom. The third-order valence-electron chi connectivity index (χ3n) is 2.18. The molecule has 90 valence electrons. The maximum absolute atomic E-state index is 12.7. The topological polar surface area (TPSA) is 25.8 Å². The van der Waals surface area contributed by atoms with Gasteiger partial charge < -0.3 is 0 Å². The fraction of sp³-hybridized carbons (Fsp3) is 0.636. The maximum Gasteiger partial charge on any atom is 0.433 e. The second kappa shape index (κ2) is 5.27. The molecule has 0 amide bonds. The lowest BCUT2D eigenvalue weighted by molar-refractivity contribution is -0.142. The van der Waals surface area contributed by atoms with Crippen LogP contribution >= 0.6 is 0 Å². The first-order valence-corrected chi connectivity index (χ1v) is 5.41. The molecule has 1 heterocycles. The molecule has 5 heteroatoms. The minimum absolute atomic E-state index is 0.190. The predicted molar refractivity (Wildman–Crippen MR) is 55.0 cm³/mol. The molecule has 0 fully saturated rings. The highest BCUT2D eigenvalue weighted by Gasteiger charge is 2.35. The molecule has 0 aliphatic carbocycles. The highest BCUT2D eigenvalue weighted by Crippen LogP contribution is 2.30. The first-order chi connectivity index (χ1) is 7.49. The van der Waals surface area contributed by atoms with Gasteiger partial charge in [0.1, 0.15) is 5.82 Å². The molecule has 16 heavy (non-hydrogen) atoms. The van der Waals surface area contributed by atoms with Gasteiger partial charge in [0.2, 0.25) is 0 Å². The van der Waals surface area contributed by atoms with Crippen LogP contribution in [0.1, 0.15) is 43.8 Å². The zero-order chi connectivity index (χ0) is 12.2. The van der Waals surface area contributed by atoms with E-state index in [-0.39, 0.29) is 11.4 Å². The van der Waals surface area contributed by atoms with E-state index in [9.17, 15) is 13.2 Å². The molecule has 0 aromatic carbocycles. The van der Waals surface area contributed by atoms with E-state index in [1.165, 1.54) is 6.20 Å². The van der Waals surface area contributed by atoms with Gasteiger partial charge in [-0.1, -0.05) is 20.3 Å². The van der Waals surface area contributed by atoms with E-state index in [1.807, 2.05) is 13.8 Å². The molecular weight excluding hydrogens is 217 g/mol. The summed E-state index contributed by atoms with van der Waals surface area (Å²) in [7, 11) is 0. The average Bonchev–Trinajstić information content (AvgIpc) is 2.19. The van der Waals surface area contributed by atoms with E-state index in [1.54, 1.807) is 0 Å². The van der Waals surface area contributed by atoms with Crippen LogP contribution in [0.5, 0.6) is 0 Å². The zero-order valence-electron chi connectivity index (χ0n) is 9.43. The Morgan fingerprint density at radius 3 is 2.25 bits per heavy atom. The highest BCUT2D eigenvalue weighted by molar-refractivity contribution is 5.20. The van der Waals surface area contributed by atoms with Crippen molar-refractivity contribution in [1.82, 2.24) is 9.97 Å². The van der Waals surface area contributed by atoms with Gasteiger partial charge in [-0.15, -0.1) is 0 Å². The van der Waals surface area contributed by atoms with Crippen LogP contribution < -0.4 is 0 Å². The smallest absolute Gasteiger partial charge is 0.241 e. The molecule has 0 saturated carbocycles. The monoisotopic (exact) mass is 232 g/mol. The van der Waals surface area contributed by atoms with Crippen LogP contribution in [0.15, 0.2) is 6.20 Å². The van der Waals surface area contributed by atoms with Gasteiger partial charge in [0.05, 0.1) is 0 Å². The van der Waals surface area contributed by atoms with Gasteiger partial charge in [-0.05, 0) is 12.8 Å². The Kier molecular flexibility index (Phi) is 4.26. The van der Waals surface area contributed by atoms with Crippen molar-refractivity contribution in [3.63, 3.8) is 0 Å². The van der Waals surface area contributed by atoms with Crippen LogP contribution in [0.3, 0.4) is 0 Å². The van der Waals surface area contributed by atoms with E-state index < -0.39 is 11.9 Å². The number of hydrogen-bond donors (Lipinski definition) is 0. The highest BCUT2D eigenvalue weighted by atomic mass is 19.4. The van der Waals surface area contributed by atoms with Crippen LogP contribution in [0.25, 0.3) is 0 Å². The van der Waals surface area contributed by atoms with Crippen molar-refractivity contribution in [3.8, 4) is 0 Å². The number of alkyl halides is 3. The molecule has 1 rings (SSSR count). The van der Waals surface area contributed by atoms with Crippen molar-refractivity contribution < 1.29 is 13.2 Å². The van der Waals surface area contributed by atoms with Crippen molar-refractivity contribution in [3.05, 3.63) is 23.3 Å². The van der Waals surface area contributed by atoms with Crippen molar-refractivity contribution in [2.24, 2.45) is 0 Å². The molecule has 0 aliphatic heterocycles. The average molecular weight is 232 g/mol. The number of aryl methyl sites for hydroxylation is 2. The van der Waals surface area contributed by atoms with E-state index in [0.29, 0.717) is 19.3 Å². The third kappa shape index (κ3) is 3.18. The molecular formula is C11H15F3N2. The van der Waals surface area contributed by atoms with Gasteiger partial charge in [0.25, 0.3) is 0 Å². The van der Waals surface area contributed by atoms with Crippen molar-refractivity contribution in [1.29, 1.82) is 0 Å². The molecule has 0 unspecified atom stereocenters. The Labute approximate surface area is 92.9 Å². The van der Waals surface area contributed by atoms with Crippen LogP contribution in [0.4, 0.5) is 13.2 Å². The normalized spacial score (nSPS) is 11.8. The van der Waals surface area contributed by atoms with Crippen molar-refractivity contribution in [2.75, 3.05) is 0 Å². The first-order valence-electron chi connectivity index (χ1n) is 5.41. The predicted octanol–water partition coefficient (Wildman–Crippen LogP) is 3.40. The molecule has 0 atom stereocenters. The van der Waals surface area contributed by atoms with E-state index in [2.05, 4.69) is 9.97 Å². The molecule has 2 nitrogen and oxygen atoms in total. The van der Waals surface area contributed by atoms with Gasteiger partial charge in [-0.2, -0.15) is 13.2 Å². The van der Waals surface area contributed by atoms with Crippen molar-refractivity contribution in [2.45, 2.75) is 45.7 Å². The largest absolute Gasteiger partial charge is 0.433 e. The van der Waals surface area contributed by atoms with Gasteiger partial charge in [0, 0.05) is 18.2 Å². The molecule has 0 spiro atoms. The Bertz CT molecular complexity index is 348. The summed E-state index contributed by atoms with van der Waals surface area (Å²) in [5.74, 6) is 0.273. The van der Waals surface area contributed by atoms with Crippen molar-refractivity contribution >= 4 is 0 Å². The summed E-state index contributed by atoms with van der Waals surface area (Å²) in [5, 5.41) is 0. The first kappa shape index (κ1) is 12.9. The molecule has 0 N–H and O–H groups in total. The van der Waals surface area contributed by atoms with E-state index in [4.69, 9.17) is 0 Å². The quantitative estimate of drug-likeness (QED) is 0.795. The minimum atomic E-state index is -4.38. The second-order valence-electron chi connectivity index (χ2n) is 3.66. The van der Waals surface area contributed by atoms with Crippen LogP contribution in [0.2, 0.25) is 0 Å². The molecule has 1 aromatic rings. The Hall–Kier alpha value is -1.13. The summed E-state index contributed by atoms with van der Waals surface area (Å²) in [6, 6.07) is 0. The van der Waals surface area contributed by atoms with Crippen LogP contribution in [-0.2, 0) is 19.0 Å². The number of halogens is 3. The lowest BCUT2D eigenvalue weighted by atomic mass is 10.1. The number of rotatable bonds is 4. The number of aromatic nitrogens is 2. The summed E-state index contributed by atoms with van der Waals surface area (Å²) in [6.45, 7) is 3.72. The minimum Gasteiger partial charge on any atom is -0.241 e. The lowest BCUT2D eigenvalue weighted by Gasteiger charge is -2.11. The summed E-state index contributed by atoms with van der Waals surface area (Å²) in [4.78, 5) is 7.57. The van der Waals surface area contributed by atoms with E-state index >= 15 is 0 Å². The second-order valence-corrected chi connectivity index (χ2v) is 3.66. The Morgan fingerprint density at radius 2 is 1.75 bits per heavy atom. The molecule has 0 bridgehead atoms. The van der Waals surface area contributed by atoms with Crippen LogP contribution in [-0.4, -0.2) is 9.97 Å². The van der Waals surface area contributed by atoms with Gasteiger partial charge in [0.15, 0.2) is 5.69 Å². The number of hydrogen-bond acceptors (Lipinski definition) is 2.